The summed E-state index contributed by atoms with van der Waals surface area (Å²) in [4.78, 5) is 2.54. The highest BCUT2D eigenvalue weighted by Crippen LogP contribution is 2.28. The van der Waals surface area contributed by atoms with E-state index >= 15 is 0 Å². The number of rotatable bonds is 4. The van der Waals surface area contributed by atoms with E-state index in [4.69, 9.17) is 26.5 Å². The summed E-state index contributed by atoms with van der Waals surface area (Å²) in [5.41, 5.74) is 19.7. The van der Waals surface area contributed by atoms with E-state index < -0.39 is 55.0 Å². The summed E-state index contributed by atoms with van der Waals surface area (Å²) >= 11 is 0. The van der Waals surface area contributed by atoms with Crippen LogP contribution in [0, 0.1) is 0 Å². The Hall–Kier alpha value is -1.01. The van der Waals surface area contributed by atoms with E-state index in [1.54, 1.807) is 0 Å². The number of aliphatic hydroxyl groups is 4. The summed E-state index contributed by atoms with van der Waals surface area (Å²) in [6, 6.07) is -1.38. The van der Waals surface area contributed by atoms with Gasteiger partial charge >= 0.3 is 0 Å². The molecule has 8 unspecified atom stereocenters. The van der Waals surface area contributed by atoms with Gasteiger partial charge in [-0.2, -0.15) is 0 Å². The van der Waals surface area contributed by atoms with Crippen molar-refractivity contribution in [1.82, 2.24) is 0 Å². The summed E-state index contributed by atoms with van der Waals surface area (Å²) in [6.07, 6.45) is -8.33. The fourth-order valence-corrected chi connectivity index (χ4v) is 2.69. The van der Waals surface area contributed by atoms with Crippen molar-refractivity contribution in [3.8, 4) is 0 Å². The van der Waals surface area contributed by atoms with Crippen molar-refractivity contribution in [2.75, 3.05) is 6.54 Å². The van der Waals surface area contributed by atoms with Crippen LogP contribution in [0.1, 0.15) is 6.42 Å². The Morgan fingerprint density at radius 3 is 2.23 bits per heavy atom. The van der Waals surface area contributed by atoms with E-state index in [0.717, 1.165) is 0 Å². The molecule has 0 amide bonds. The zero-order valence-corrected chi connectivity index (χ0v) is 11.7. The molecule has 8 atom stereocenters. The van der Waals surface area contributed by atoms with Crippen LogP contribution in [0.2, 0.25) is 0 Å². The minimum absolute atomic E-state index is 0.191. The van der Waals surface area contributed by atoms with Gasteiger partial charge in [0, 0.05) is 17.0 Å². The van der Waals surface area contributed by atoms with Crippen molar-refractivity contribution >= 4 is 0 Å². The standard InChI is InChI=1S/C11H21N5O6/c12-3-1-4(13)7(18)10(6(3)17)22-11-9(20)8(19)5(21-11)2-15-16-14/h3-11,17-20H,1-2,12-13H2. The maximum absolute atomic E-state index is 10.0. The fraction of sp³-hybridized carbons (Fsp3) is 1.00. The van der Waals surface area contributed by atoms with Crippen LogP contribution in [0.25, 0.3) is 10.4 Å². The van der Waals surface area contributed by atoms with Gasteiger partial charge in [0.25, 0.3) is 0 Å². The van der Waals surface area contributed by atoms with Crippen molar-refractivity contribution in [1.29, 1.82) is 0 Å². The second-order valence-electron chi connectivity index (χ2n) is 5.58. The third-order valence-corrected chi connectivity index (χ3v) is 4.03. The Labute approximate surface area is 126 Å². The van der Waals surface area contributed by atoms with Gasteiger partial charge in [0.05, 0.1) is 24.9 Å². The van der Waals surface area contributed by atoms with Crippen molar-refractivity contribution in [2.24, 2.45) is 16.6 Å². The molecule has 11 heteroatoms. The van der Waals surface area contributed by atoms with Crippen molar-refractivity contribution in [2.45, 2.75) is 61.4 Å². The summed E-state index contributed by atoms with van der Waals surface area (Å²) in [7, 11) is 0. The molecule has 22 heavy (non-hydrogen) atoms. The van der Waals surface area contributed by atoms with Gasteiger partial charge in [-0.05, 0) is 12.0 Å². The molecule has 2 aliphatic rings. The molecule has 2 rings (SSSR count). The largest absolute Gasteiger partial charge is 0.389 e. The molecule has 1 saturated carbocycles. The first-order valence-corrected chi connectivity index (χ1v) is 6.92. The van der Waals surface area contributed by atoms with Gasteiger partial charge < -0.3 is 41.4 Å². The molecule has 0 aromatic heterocycles. The molecular weight excluding hydrogens is 298 g/mol. The molecule has 1 heterocycles. The molecule has 0 aromatic carbocycles. The summed E-state index contributed by atoms with van der Waals surface area (Å²) < 4.78 is 10.7. The third-order valence-electron chi connectivity index (χ3n) is 4.03. The average molecular weight is 319 g/mol. The van der Waals surface area contributed by atoms with Crippen molar-refractivity contribution in [3.05, 3.63) is 10.4 Å². The highest BCUT2D eigenvalue weighted by atomic mass is 16.7. The fourth-order valence-electron chi connectivity index (χ4n) is 2.69. The van der Waals surface area contributed by atoms with Gasteiger partial charge in [-0.1, -0.05) is 5.11 Å². The molecule has 11 nitrogen and oxygen atoms in total. The molecule has 1 aliphatic heterocycles. The van der Waals surface area contributed by atoms with E-state index in [1.165, 1.54) is 0 Å². The first kappa shape index (κ1) is 17.3. The van der Waals surface area contributed by atoms with Gasteiger partial charge in [0.1, 0.15) is 18.3 Å². The molecule has 126 valence electrons. The first-order chi connectivity index (χ1) is 10.4. The topological polar surface area (TPSA) is 200 Å². The Balaban J connectivity index is 2.04. The van der Waals surface area contributed by atoms with Crippen LogP contribution >= 0.6 is 0 Å². The normalized spacial score (nSPS) is 48.9. The molecule has 8 N–H and O–H groups in total. The van der Waals surface area contributed by atoms with Gasteiger partial charge in [0.15, 0.2) is 6.29 Å². The monoisotopic (exact) mass is 319 g/mol. The lowest BCUT2D eigenvalue weighted by Crippen LogP contribution is -2.63. The number of hydrogen-bond donors (Lipinski definition) is 6. The highest BCUT2D eigenvalue weighted by molar-refractivity contribution is 4.99. The Kier molecular flexibility index (Phi) is 5.55. The molecule has 1 saturated heterocycles. The minimum Gasteiger partial charge on any atom is -0.389 e. The highest BCUT2D eigenvalue weighted by Gasteiger charge is 2.48. The van der Waals surface area contributed by atoms with E-state index in [0.29, 0.717) is 0 Å². The molecule has 1 aliphatic carbocycles. The first-order valence-electron chi connectivity index (χ1n) is 6.92. The Bertz CT molecular complexity index is 421. The molecular formula is C11H21N5O6. The number of aliphatic hydroxyl groups excluding tert-OH is 4. The molecule has 0 radical (unpaired) electrons. The Morgan fingerprint density at radius 1 is 1.09 bits per heavy atom. The Morgan fingerprint density at radius 2 is 1.68 bits per heavy atom. The van der Waals surface area contributed by atoms with E-state index in [1.807, 2.05) is 0 Å². The zero-order chi connectivity index (χ0) is 16.4. The number of nitrogens with two attached hydrogens (primary N) is 2. The quantitative estimate of drug-likeness (QED) is 0.178. The summed E-state index contributed by atoms with van der Waals surface area (Å²) in [6.45, 7) is -0.191. The van der Waals surface area contributed by atoms with Crippen molar-refractivity contribution in [3.63, 3.8) is 0 Å². The summed E-state index contributed by atoms with van der Waals surface area (Å²) in [5, 5.41) is 43.0. The van der Waals surface area contributed by atoms with Gasteiger partial charge in [0.2, 0.25) is 0 Å². The zero-order valence-electron chi connectivity index (χ0n) is 11.7. The molecule has 0 spiro atoms. The van der Waals surface area contributed by atoms with Crippen LogP contribution in [0.3, 0.4) is 0 Å². The molecule has 2 fully saturated rings. The van der Waals surface area contributed by atoms with Gasteiger partial charge in [-0.15, -0.1) is 0 Å². The predicted octanol–water partition coefficient (Wildman–Crippen LogP) is -3.09. The SMILES string of the molecule is [N-]=[N+]=NCC1OC(OC2C(O)C(N)CC(N)C2O)C(O)C1O. The maximum atomic E-state index is 10.0. The van der Waals surface area contributed by atoms with Crippen LogP contribution in [0.15, 0.2) is 5.11 Å². The lowest BCUT2D eigenvalue weighted by molar-refractivity contribution is -0.239. The number of hydrogen-bond acceptors (Lipinski definition) is 9. The van der Waals surface area contributed by atoms with Crippen LogP contribution in [0.4, 0.5) is 0 Å². The molecule has 0 aromatic rings. The maximum Gasteiger partial charge on any atom is 0.187 e. The average Bonchev–Trinajstić information content (AvgIpc) is 2.75. The lowest BCUT2D eigenvalue weighted by atomic mass is 9.84. The van der Waals surface area contributed by atoms with Crippen LogP contribution < -0.4 is 11.5 Å². The number of ether oxygens (including phenoxy) is 2. The third kappa shape index (κ3) is 3.33. The van der Waals surface area contributed by atoms with Crippen LogP contribution in [0.5, 0.6) is 0 Å². The van der Waals surface area contributed by atoms with Crippen LogP contribution in [-0.2, 0) is 9.47 Å². The number of azide groups is 1. The second kappa shape index (κ2) is 7.04. The lowest BCUT2D eigenvalue weighted by Gasteiger charge is -2.40. The van der Waals surface area contributed by atoms with E-state index in [9.17, 15) is 20.4 Å². The predicted molar refractivity (Wildman–Crippen MR) is 72.1 cm³/mol. The smallest absolute Gasteiger partial charge is 0.187 e. The van der Waals surface area contributed by atoms with Crippen molar-refractivity contribution < 1.29 is 29.9 Å². The summed E-state index contributed by atoms with van der Waals surface area (Å²) in [5.74, 6) is 0. The van der Waals surface area contributed by atoms with Crippen LogP contribution in [-0.4, -0.2) is 82.0 Å². The number of nitrogens with zero attached hydrogens (tertiary/aromatic N) is 3. The minimum atomic E-state index is -1.42. The van der Waals surface area contributed by atoms with Gasteiger partial charge in [-0.3, -0.25) is 0 Å². The van der Waals surface area contributed by atoms with Gasteiger partial charge in [-0.25, -0.2) is 0 Å². The molecule has 0 bridgehead atoms. The van der Waals surface area contributed by atoms with E-state index in [2.05, 4.69) is 10.0 Å². The second-order valence-corrected chi connectivity index (χ2v) is 5.58. The van der Waals surface area contributed by atoms with E-state index in [-0.39, 0.29) is 13.0 Å².